The molecule has 1 aromatic heterocycles. The molecule has 5 nitrogen and oxygen atoms in total. The molecule has 1 aliphatic carbocycles. The molecule has 3 atom stereocenters. The summed E-state index contributed by atoms with van der Waals surface area (Å²) < 4.78 is 5.52. The Morgan fingerprint density at radius 2 is 2.31 bits per heavy atom. The van der Waals surface area contributed by atoms with Crippen LogP contribution in [0.4, 0.5) is 0 Å². The van der Waals surface area contributed by atoms with Gasteiger partial charge in [-0.3, -0.25) is 4.79 Å². The number of hydrogen-bond acceptors (Lipinski definition) is 4. The van der Waals surface area contributed by atoms with Gasteiger partial charge in [-0.2, -0.15) is 0 Å². The highest BCUT2D eigenvalue weighted by Crippen LogP contribution is 2.54. The van der Waals surface area contributed by atoms with E-state index in [0.717, 1.165) is 25.7 Å². The molecule has 0 N–H and O–H groups in total. The molecular formula is C11H15N3O2. The Morgan fingerprint density at radius 1 is 1.50 bits per heavy atom. The lowest BCUT2D eigenvalue weighted by Gasteiger charge is -2.60. The van der Waals surface area contributed by atoms with Gasteiger partial charge in [-0.1, -0.05) is 6.92 Å². The zero-order valence-electron chi connectivity index (χ0n) is 9.51. The van der Waals surface area contributed by atoms with E-state index < -0.39 is 0 Å². The molecule has 3 heterocycles. The zero-order chi connectivity index (χ0) is 11.3. The summed E-state index contributed by atoms with van der Waals surface area (Å²) in [5, 5.41) is 7.96. The average Bonchev–Trinajstić information content (AvgIpc) is 2.64. The molecule has 1 amide bonds. The van der Waals surface area contributed by atoms with Crippen molar-refractivity contribution in [3.63, 3.8) is 0 Å². The van der Waals surface area contributed by atoms with E-state index in [1.54, 1.807) is 6.92 Å². The molecule has 4 rings (SSSR count). The molecule has 3 fully saturated rings. The Hall–Kier alpha value is -1.39. The lowest BCUT2D eigenvalue weighted by atomic mass is 9.64. The molecule has 0 spiro atoms. The third-order valence-corrected chi connectivity index (χ3v) is 3.86. The van der Waals surface area contributed by atoms with Gasteiger partial charge >= 0.3 is 0 Å². The molecule has 1 aromatic rings. The minimum Gasteiger partial charge on any atom is -0.423 e. The van der Waals surface area contributed by atoms with Crippen molar-refractivity contribution in [1.29, 1.82) is 0 Å². The van der Waals surface area contributed by atoms with Crippen molar-refractivity contribution in [1.82, 2.24) is 15.1 Å². The Labute approximate surface area is 93.8 Å². The standard InChI is InChI=1S/C11H15N3O2/c1-7-3-9-5-11(4-7,14(9)6-15)10-13-12-8(2)16-10/h6-7,9H,3-5H2,1-2H3/t7-,9-,11+/m1/s1. The van der Waals surface area contributed by atoms with Crippen molar-refractivity contribution >= 4 is 6.41 Å². The van der Waals surface area contributed by atoms with Gasteiger partial charge in [-0.15, -0.1) is 10.2 Å². The second-order valence-electron chi connectivity index (χ2n) is 5.07. The summed E-state index contributed by atoms with van der Waals surface area (Å²) in [4.78, 5) is 13.0. The Kier molecular flexibility index (Phi) is 1.87. The van der Waals surface area contributed by atoms with Gasteiger partial charge in [0.1, 0.15) is 5.54 Å². The summed E-state index contributed by atoms with van der Waals surface area (Å²) in [7, 11) is 0. The molecular weight excluding hydrogens is 206 g/mol. The Morgan fingerprint density at radius 3 is 2.94 bits per heavy atom. The van der Waals surface area contributed by atoms with Crippen molar-refractivity contribution in [2.24, 2.45) is 5.92 Å². The first-order valence-corrected chi connectivity index (χ1v) is 5.70. The highest BCUT2D eigenvalue weighted by molar-refractivity contribution is 5.53. The number of hydrogen-bond donors (Lipinski definition) is 0. The summed E-state index contributed by atoms with van der Waals surface area (Å²) >= 11 is 0. The van der Waals surface area contributed by atoms with Gasteiger partial charge in [0.25, 0.3) is 0 Å². The maximum atomic E-state index is 11.1. The van der Waals surface area contributed by atoms with E-state index in [0.29, 0.717) is 23.7 Å². The number of fused-ring (bicyclic) bond motifs is 2. The molecule has 2 saturated heterocycles. The molecule has 0 radical (unpaired) electrons. The highest BCUT2D eigenvalue weighted by Gasteiger charge is 2.59. The lowest BCUT2D eigenvalue weighted by molar-refractivity contribution is -0.165. The number of aromatic nitrogens is 2. The number of carbonyl (C=O) groups excluding carboxylic acids is 1. The van der Waals surface area contributed by atoms with Crippen LogP contribution >= 0.6 is 0 Å². The van der Waals surface area contributed by atoms with Crippen LogP contribution in [0, 0.1) is 12.8 Å². The summed E-state index contributed by atoms with van der Waals surface area (Å²) in [5.41, 5.74) is -0.300. The number of rotatable bonds is 2. The summed E-state index contributed by atoms with van der Waals surface area (Å²) in [6.45, 7) is 3.99. The van der Waals surface area contributed by atoms with Gasteiger partial charge in [0.15, 0.2) is 0 Å². The molecule has 5 heteroatoms. The number of nitrogens with zero attached hydrogens (tertiary/aromatic N) is 3. The van der Waals surface area contributed by atoms with E-state index in [2.05, 4.69) is 17.1 Å². The third-order valence-electron chi connectivity index (χ3n) is 3.86. The quantitative estimate of drug-likeness (QED) is 0.705. The minimum atomic E-state index is -0.300. The van der Waals surface area contributed by atoms with E-state index in [1.165, 1.54) is 0 Å². The summed E-state index contributed by atoms with van der Waals surface area (Å²) in [5.74, 6) is 1.79. The number of piperidine rings is 1. The van der Waals surface area contributed by atoms with E-state index >= 15 is 0 Å². The van der Waals surface area contributed by atoms with Crippen molar-refractivity contribution in [3.8, 4) is 0 Å². The molecule has 16 heavy (non-hydrogen) atoms. The van der Waals surface area contributed by atoms with Gasteiger partial charge in [0, 0.05) is 19.4 Å². The zero-order valence-corrected chi connectivity index (χ0v) is 9.51. The van der Waals surface area contributed by atoms with Gasteiger partial charge in [-0.25, -0.2) is 0 Å². The van der Waals surface area contributed by atoms with Crippen LogP contribution in [0.25, 0.3) is 0 Å². The number of carbonyl (C=O) groups is 1. The normalized spacial score (nSPS) is 37.0. The van der Waals surface area contributed by atoms with E-state index in [4.69, 9.17) is 4.42 Å². The monoisotopic (exact) mass is 221 g/mol. The van der Waals surface area contributed by atoms with Crippen LogP contribution < -0.4 is 0 Å². The first-order chi connectivity index (χ1) is 7.65. The second kappa shape index (κ2) is 3.06. The van der Waals surface area contributed by atoms with Crippen LogP contribution in [0.3, 0.4) is 0 Å². The number of amides is 1. The fraction of sp³-hybridized carbons (Fsp3) is 0.727. The summed E-state index contributed by atoms with van der Waals surface area (Å²) in [6, 6.07) is 0.369. The first-order valence-electron chi connectivity index (χ1n) is 5.70. The van der Waals surface area contributed by atoms with Crippen molar-refractivity contribution in [3.05, 3.63) is 11.8 Å². The molecule has 2 aliphatic heterocycles. The SMILES string of the molecule is Cc1nnc([C@]23C[C@H](C)C[C@H](C2)N3C=O)o1. The highest BCUT2D eigenvalue weighted by atomic mass is 16.4. The van der Waals surface area contributed by atoms with Crippen LogP contribution in [0.5, 0.6) is 0 Å². The molecule has 3 aliphatic rings. The smallest absolute Gasteiger partial charge is 0.242 e. The molecule has 0 aromatic carbocycles. The van der Waals surface area contributed by atoms with Gasteiger partial charge in [0.05, 0.1) is 0 Å². The maximum Gasteiger partial charge on any atom is 0.242 e. The maximum absolute atomic E-state index is 11.1. The van der Waals surface area contributed by atoms with Gasteiger partial charge in [0.2, 0.25) is 18.2 Å². The fourth-order valence-electron chi connectivity index (χ4n) is 3.30. The largest absolute Gasteiger partial charge is 0.423 e. The number of aryl methyl sites for hydroxylation is 1. The fourth-order valence-corrected chi connectivity index (χ4v) is 3.30. The third kappa shape index (κ3) is 1.08. The molecule has 2 bridgehead atoms. The van der Waals surface area contributed by atoms with E-state index in [9.17, 15) is 4.79 Å². The molecule has 0 unspecified atom stereocenters. The van der Waals surface area contributed by atoms with Crippen molar-refractivity contribution in [2.75, 3.05) is 0 Å². The Balaban J connectivity index is 1.99. The van der Waals surface area contributed by atoms with E-state index in [-0.39, 0.29) is 5.54 Å². The predicted molar refractivity (Wildman–Crippen MR) is 55.4 cm³/mol. The van der Waals surface area contributed by atoms with Gasteiger partial charge in [-0.05, 0) is 18.8 Å². The van der Waals surface area contributed by atoms with Crippen LogP contribution in [-0.2, 0) is 10.3 Å². The Bertz CT molecular complexity index is 431. The minimum absolute atomic E-state index is 0.300. The average molecular weight is 221 g/mol. The van der Waals surface area contributed by atoms with Crippen molar-refractivity contribution < 1.29 is 9.21 Å². The lowest BCUT2D eigenvalue weighted by Crippen LogP contribution is -2.67. The van der Waals surface area contributed by atoms with Crippen LogP contribution in [0.1, 0.15) is 38.0 Å². The first kappa shape index (κ1) is 9.81. The van der Waals surface area contributed by atoms with E-state index in [1.807, 2.05) is 4.90 Å². The topological polar surface area (TPSA) is 59.2 Å². The molecule has 86 valence electrons. The predicted octanol–water partition coefficient (Wildman–Crippen LogP) is 1.23. The molecule has 1 saturated carbocycles. The van der Waals surface area contributed by atoms with Gasteiger partial charge < -0.3 is 9.32 Å². The summed E-state index contributed by atoms with van der Waals surface area (Å²) in [6.07, 6.45) is 3.93. The van der Waals surface area contributed by atoms with Crippen LogP contribution in [-0.4, -0.2) is 27.5 Å². The van der Waals surface area contributed by atoms with Crippen LogP contribution in [0.15, 0.2) is 4.42 Å². The van der Waals surface area contributed by atoms with Crippen molar-refractivity contribution in [2.45, 2.75) is 44.7 Å². The second-order valence-corrected chi connectivity index (χ2v) is 5.07. The van der Waals surface area contributed by atoms with Crippen LogP contribution in [0.2, 0.25) is 0 Å².